The molecular weight excluding hydrogens is 592 g/mol. The molecule has 2 saturated heterocycles. The maximum absolute atomic E-state index is 15.7. The number of piperazine rings is 1. The van der Waals surface area contributed by atoms with E-state index in [4.69, 9.17) is 9.51 Å². The highest BCUT2D eigenvalue weighted by Crippen LogP contribution is 2.41. The molecule has 1 amide bonds. The minimum absolute atomic E-state index is 0.00572. The number of β-amino-alcohol motifs (C(OH)–C–C–N with tert-alkyl or cyclic N) is 1. The number of benzene rings is 2. The second-order valence-corrected chi connectivity index (χ2v) is 11.8. The number of aliphatic hydroxyl groups excluding tert-OH is 1. The number of thiazole rings is 1. The summed E-state index contributed by atoms with van der Waals surface area (Å²) in [6.45, 7) is 3.41. The molecule has 2 fully saturated rings. The van der Waals surface area contributed by atoms with Gasteiger partial charge in [-0.15, -0.1) is 5.10 Å². The number of pyridine rings is 1. The second-order valence-electron chi connectivity index (χ2n) is 10.8. The van der Waals surface area contributed by atoms with E-state index in [-0.39, 0.29) is 23.7 Å². The molecule has 2 aliphatic rings. The standard InChI is InChI=1S/C29H25F2N9O3S/c1-37(29-34-24(22(12-32)44-29)16-2-4-17(30)5-3-16)27-20-10-18(11-21(31)25(20)33-28-26(27)35-36-43-28)39-8-6-38(7-9-39)15-23(42)40-13-19(41)14-40/h2-5,10-11,19,41H,6-9,13-15H2,1H3. The van der Waals surface area contributed by atoms with Crippen molar-refractivity contribution < 1.29 is 23.2 Å². The Morgan fingerprint density at radius 2 is 1.89 bits per heavy atom. The van der Waals surface area contributed by atoms with E-state index in [0.717, 1.165) is 11.3 Å². The zero-order valence-electron chi connectivity index (χ0n) is 23.4. The number of rotatable bonds is 6. The lowest BCUT2D eigenvalue weighted by molar-refractivity contribution is -0.142. The van der Waals surface area contributed by atoms with Crippen molar-refractivity contribution >= 4 is 55.9 Å². The smallest absolute Gasteiger partial charge is 0.281 e. The Morgan fingerprint density at radius 3 is 2.59 bits per heavy atom. The fourth-order valence-corrected chi connectivity index (χ4v) is 6.43. The first-order chi connectivity index (χ1) is 21.3. The van der Waals surface area contributed by atoms with E-state index in [1.165, 1.54) is 18.2 Å². The summed E-state index contributed by atoms with van der Waals surface area (Å²) in [4.78, 5) is 29.3. The van der Waals surface area contributed by atoms with E-state index < -0.39 is 17.7 Å². The van der Waals surface area contributed by atoms with Gasteiger partial charge in [0.1, 0.15) is 28.0 Å². The SMILES string of the molecule is CN(c1nc(-c2ccc(F)cc2)c(C#N)s1)c1c2cc(N3CCN(CC(=O)N4CC(O)C4)CC3)cc(F)c2nc2onnc12. The van der Waals surface area contributed by atoms with Crippen molar-refractivity contribution in [3.05, 3.63) is 52.9 Å². The number of nitriles is 1. The lowest BCUT2D eigenvalue weighted by atomic mass is 10.1. The van der Waals surface area contributed by atoms with E-state index in [0.29, 0.717) is 82.8 Å². The lowest BCUT2D eigenvalue weighted by Gasteiger charge is -2.39. The maximum atomic E-state index is 15.7. The largest absolute Gasteiger partial charge is 0.389 e. The van der Waals surface area contributed by atoms with Gasteiger partial charge >= 0.3 is 0 Å². The Labute approximate surface area is 253 Å². The third-order valence-electron chi connectivity index (χ3n) is 7.98. The molecule has 44 heavy (non-hydrogen) atoms. The van der Waals surface area contributed by atoms with Crippen LogP contribution in [0.1, 0.15) is 4.88 Å². The summed E-state index contributed by atoms with van der Waals surface area (Å²) in [5, 5.41) is 28.0. The third kappa shape index (κ3) is 4.96. The van der Waals surface area contributed by atoms with Gasteiger partial charge in [0, 0.05) is 68.2 Å². The highest BCUT2D eigenvalue weighted by molar-refractivity contribution is 7.16. The number of halogens is 2. The van der Waals surface area contributed by atoms with Gasteiger partial charge in [-0.25, -0.2) is 18.7 Å². The molecule has 15 heteroatoms. The molecule has 1 N–H and O–H groups in total. The first-order valence-electron chi connectivity index (χ1n) is 13.9. The molecule has 5 heterocycles. The van der Waals surface area contributed by atoms with Gasteiger partial charge in [-0.2, -0.15) is 5.26 Å². The van der Waals surface area contributed by atoms with Crippen LogP contribution in [-0.4, -0.2) is 100 Å². The predicted molar refractivity (Wildman–Crippen MR) is 159 cm³/mol. The molecule has 2 aliphatic heterocycles. The van der Waals surface area contributed by atoms with E-state index in [2.05, 4.69) is 31.2 Å². The van der Waals surface area contributed by atoms with Gasteiger partial charge in [0.05, 0.1) is 18.3 Å². The number of amides is 1. The molecule has 5 aromatic rings. The van der Waals surface area contributed by atoms with Crippen molar-refractivity contribution in [2.45, 2.75) is 6.10 Å². The van der Waals surface area contributed by atoms with Crippen molar-refractivity contribution in [2.24, 2.45) is 0 Å². The molecule has 0 atom stereocenters. The molecule has 0 saturated carbocycles. The highest BCUT2D eigenvalue weighted by Gasteiger charge is 2.31. The highest BCUT2D eigenvalue weighted by atomic mass is 32.1. The summed E-state index contributed by atoms with van der Waals surface area (Å²) in [6, 6.07) is 11.2. The van der Waals surface area contributed by atoms with Crippen molar-refractivity contribution in [2.75, 3.05) is 62.7 Å². The van der Waals surface area contributed by atoms with Gasteiger partial charge in [-0.3, -0.25) is 9.69 Å². The number of aromatic nitrogens is 4. The van der Waals surface area contributed by atoms with E-state index in [9.17, 15) is 19.6 Å². The molecule has 0 spiro atoms. The van der Waals surface area contributed by atoms with E-state index in [1.807, 2.05) is 6.07 Å². The van der Waals surface area contributed by atoms with Crippen molar-refractivity contribution in [1.82, 2.24) is 30.1 Å². The third-order valence-corrected chi connectivity index (χ3v) is 9.02. The maximum Gasteiger partial charge on any atom is 0.281 e. The Morgan fingerprint density at radius 1 is 1.14 bits per heavy atom. The summed E-state index contributed by atoms with van der Waals surface area (Å²) in [5.41, 5.74) is 2.50. The molecule has 224 valence electrons. The average molecular weight is 618 g/mol. The molecule has 0 aliphatic carbocycles. The minimum Gasteiger partial charge on any atom is -0.389 e. The quantitative estimate of drug-likeness (QED) is 0.301. The normalized spacial score (nSPS) is 16.0. The summed E-state index contributed by atoms with van der Waals surface area (Å²) < 4.78 is 34.5. The average Bonchev–Trinajstić information content (AvgIpc) is 3.66. The lowest BCUT2D eigenvalue weighted by Crippen LogP contribution is -2.57. The minimum atomic E-state index is -0.553. The number of nitrogens with zero attached hydrogens (tertiary/aromatic N) is 9. The van der Waals surface area contributed by atoms with E-state index >= 15 is 4.39 Å². The second kappa shape index (κ2) is 11.1. The number of hydrogen-bond acceptors (Lipinski definition) is 12. The zero-order chi connectivity index (χ0) is 30.5. The number of anilines is 3. The molecule has 7 rings (SSSR count). The number of hydrogen-bond donors (Lipinski definition) is 1. The fraction of sp³-hybridized carbons (Fsp3) is 0.310. The molecule has 0 radical (unpaired) electrons. The van der Waals surface area contributed by atoms with Gasteiger partial charge in [-0.1, -0.05) is 11.3 Å². The Kier molecular flexibility index (Phi) is 7.04. The molecule has 0 unspecified atom stereocenters. The fourth-order valence-electron chi connectivity index (χ4n) is 5.58. The molecular formula is C29H25F2N9O3S. The van der Waals surface area contributed by atoms with Crippen LogP contribution in [0.25, 0.3) is 33.4 Å². The number of fused-ring (bicyclic) bond motifs is 2. The Balaban J connectivity index is 1.22. The number of likely N-dealkylation sites (tertiary alicyclic amines) is 1. The summed E-state index contributed by atoms with van der Waals surface area (Å²) in [6.07, 6.45) is -0.438. The number of aliphatic hydroxyl groups is 1. The van der Waals surface area contributed by atoms with Crippen LogP contribution in [0.15, 0.2) is 40.9 Å². The Bertz CT molecular complexity index is 1930. The van der Waals surface area contributed by atoms with Crippen LogP contribution in [0.4, 0.5) is 25.3 Å². The van der Waals surface area contributed by atoms with Crippen LogP contribution in [-0.2, 0) is 4.79 Å². The monoisotopic (exact) mass is 617 g/mol. The summed E-state index contributed by atoms with van der Waals surface area (Å²) in [5.74, 6) is -0.957. The number of carbonyl (C=O) groups is 1. The van der Waals surface area contributed by atoms with Crippen LogP contribution in [0.3, 0.4) is 0 Å². The van der Waals surface area contributed by atoms with Crippen molar-refractivity contribution in [3.63, 3.8) is 0 Å². The first kappa shape index (κ1) is 28.0. The topological polar surface area (TPSA) is 139 Å². The molecule has 0 bridgehead atoms. The molecule has 12 nitrogen and oxygen atoms in total. The van der Waals surface area contributed by atoms with Crippen LogP contribution in [0.2, 0.25) is 0 Å². The van der Waals surface area contributed by atoms with Gasteiger partial charge < -0.3 is 24.3 Å². The van der Waals surface area contributed by atoms with Crippen molar-refractivity contribution in [1.29, 1.82) is 5.26 Å². The number of carbonyl (C=O) groups excluding carboxylic acids is 1. The Hall–Kier alpha value is -4.78. The zero-order valence-corrected chi connectivity index (χ0v) is 24.3. The summed E-state index contributed by atoms with van der Waals surface area (Å²) in [7, 11) is 1.73. The van der Waals surface area contributed by atoms with E-state index in [1.54, 1.807) is 29.0 Å². The van der Waals surface area contributed by atoms with Crippen LogP contribution in [0, 0.1) is 23.0 Å². The molecule has 3 aromatic heterocycles. The van der Waals surface area contributed by atoms with Crippen molar-refractivity contribution in [3.8, 4) is 17.3 Å². The van der Waals surface area contributed by atoms with Crippen LogP contribution in [0.5, 0.6) is 0 Å². The summed E-state index contributed by atoms with van der Waals surface area (Å²) >= 11 is 1.14. The molecule has 2 aromatic carbocycles. The van der Waals surface area contributed by atoms with Gasteiger partial charge in [0.15, 0.2) is 16.5 Å². The van der Waals surface area contributed by atoms with Gasteiger partial charge in [0.25, 0.3) is 5.71 Å². The first-order valence-corrected chi connectivity index (χ1v) is 14.7. The van der Waals surface area contributed by atoms with Gasteiger partial charge in [-0.05, 0) is 36.4 Å². The van der Waals surface area contributed by atoms with Crippen LogP contribution >= 0.6 is 11.3 Å². The van der Waals surface area contributed by atoms with Crippen LogP contribution < -0.4 is 9.80 Å². The predicted octanol–water partition coefficient (Wildman–Crippen LogP) is 3.14. The van der Waals surface area contributed by atoms with Gasteiger partial charge in [0.2, 0.25) is 5.91 Å².